The van der Waals surface area contributed by atoms with E-state index in [2.05, 4.69) is 35.9 Å². The molecule has 2 aromatic rings. The molecule has 0 saturated heterocycles. The summed E-state index contributed by atoms with van der Waals surface area (Å²) < 4.78 is 10.8. The smallest absolute Gasteiger partial charge is 0.330 e. The van der Waals surface area contributed by atoms with Gasteiger partial charge in [0.2, 0.25) is 0 Å². The second kappa shape index (κ2) is 20.1. The van der Waals surface area contributed by atoms with Gasteiger partial charge in [-0.3, -0.25) is 0 Å². The fraction of sp³-hybridized carbons (Fsp3) is 0.531. The SMILES string of the molecule is C=CC(=O)OCCCCCCCCCOc1ccc(N=Nc2ccc(CCCCCCCC)cc2)cc1. The van der Waals surface area contributed by atoms with Crippen molar-refractivity contribution < 1.29 is 14.3 Å². The topological polar surface area (TPSA) is 60.2 Å². The van der Waals surface area contributed by atoms with E-state index in [1.54, 1.807) is 0 Å². The van der Waals surface area contributed by atoms with Crippen LogP contribution in [-0.2, 0) is 16.0 Å². The summed E-state index contributed by atoms with van der Waals surface area (Å²) in [7, 11) is 0. The third kappa shape index (κ3) is 15.0. The van der Waals surface area contributed by atoms with Gasteiger partial charge in [-0.15, -0.1) is 0 Å². The Morgan fingerprint density at radius 2 is 1.22 bits per heavy atom. The van der Waals surface area contributed by atoms with Crippen LogP contribution in [0.4, 0.5) is 11.4 Å². The zero-order chi connectivity index (χ0) is 26.4. The van der Waals surface area contributed by atoms with Crippen molar-refractivity contribution in [3.8, 4) is 5.75 Å². The predicted molar refractivity (Wildman–Crippen MR) is 153 cm³/mol. The Labute approximate surface area is 224 Å². The third-order valence-electron chi connectivity index (χ3n) is 6.34. The number of azo groups is 1. The molecule has 0 amide bonds. The summed E-state index contributed by atoms with van der Waals surface area (Å²) >= 11 is 0. The van der Waals surface area contributed by atoms with Gasteiger partial charge in [0.05, 0.1) is 24.6 Å². The number of carbonyl (C=O) groups excluding carboxylic acids is 1. The van der Waals surface area contributed by atoms with Crippen molar-refractivity contribution in [1.82, 2.24) is 0 Å². The number of hydrogen-bond donors (Lipinski definition) is 0. The standard InChI is InChI=1S/C32H46N2O3/c1-3-5-6-7-11-14-17-28-18-20-29(21-19-28)33-34-30-22-24-31(25-23-30)36-26-15-12-9-8-10-13-16-27-37-32(35)4-2/h4,18-25H,2-3,5-17,26-27H2,1H3. The van der Waals surface area contributed by atoms with Crippen molar-refractivity contribution in [3.63, 3.8) is 0 Å². The molecule has 202 valence electrons. The minimum Gasteiger partial charge on any atom is -0.494 e. The van der Waals surface area contributed by atoms with E-state index in [9.17, 15) is 4.79 Å². The number of benzene rings is 2. The molecule has 0 bridgehead atoms. The Kier molecular flexibility index (Phi) is 16.5. The average molecular weight is 507 g/mol. The van der Waals surface area contributed by atoms with Gasteiger partial charge in [-0.05, 0) is 67.6 Å². The quantitative estimate of drug-likeness (QED) is 0.0732. The number of rotatable bonds is 21. The highest BCUT2D eigenvalue weighted by Gasteiger charge is 1.99. The third-order valence-corrected chi connectivity index (χ3v) is 6.34. The number of hydrogen-bond acceptors (Lipinski definition) is 5. The maximum atomic E-state index is 10.9. The minimum atomic E-state index is -0.335. The highest BCUT2D eigenvalue weighted by atomic mass is 16.5. The van der Waals surface area contributed by atoms with E-state index in [0.717, 1.165) is 55.8 Å². The van der Waals surface area contributed by atoms with Gasteiger partial charge in [0.1, 0.15) is 5.75 Å². The Bertz CT molecular complexity index is 891. The molecule has 0 heterocycles. The Hall–Kier alpha value is -2.95. The van der Waals surface area contributed by atoms with Gasteiger partial charge in [-0.2, -0.15) is 10.2 Å². The molecule has 0 aliphatic heterocycles. The summed E-state index contributed by atoms with van der Waals surface area (Å²) in [4.78, 5) is 10.9. The maximum Gasteiger partial charge on any atom is 0.330 e. The van der Waals surface area contributed by atoms with Crippen LogP contribution in [0.2, 0.25) is 0 Å². The van der Waals surface area contributed by atoms with E-state index in [1.165, 1.54) is 69.4 Å². The zero-order valence-electron chi connectivity index (χ0n) is 22.8. The lowest BCUT2D eigenvalue weighted by Gasteiger charge is -2.06. The molecule has 0 aliphatic rings. The van der Waals surface area contributed by atoms with Gasteiger partial charge in [-0.25, -0.2) is 4.79 Å². The van der Waals surface area contributed by atoms with Crippen LogP contribution in [-0.4, -0.2) is 19.2 Å². The predicted octanol–water partition coefficient (Wildman–Crippen LogP) is 9.84. The van der Waals surface area contributed by atoms with Gasteiger partial charge in [0.15, 0.2) is 0 Å². The average Bonchev–Trinajstić information content (AvgIpc) is 2.93. The van der Waals surface area contributed by atoms with E-state index in [4.69, 9.17) is 9.47 Å². The van der Waals surface area contributed by atoms with E-state index < -0.39 is 0 Å². The lowest BCUT2D eigenvalue weighted by atomic mass is 10.0. The van der Waals surface area contributed by atoms with Crippen molar-refractivity contribution >= 4 is 17.3 Å². The number of carbonyl (C=O) groups is 1. The highest BCUT2D eigenvalue weighted by Crippen LogP contribution is 2.22. The molecule has 0 unspecified atom stereocenters. The summed E-state index contributed by atoms with van der Waals surface area (Å²) in [6, 6.07) is 16.2. The van der Waals surface area contributed by atoms with Gasteiger partial charge in [-0.1, -0.05) is 89.8 Å². The van der Waals surface area contributed by atoms with Crippen LogP contribution in [0, 0.1) is 0 Å². The number of nitrogens with zero attached hydrogens (tertiary/aromatic N) is 2. The fourth-order valence-corrected chi connectivity index (χ4v) is 4.07. The molecule has 0 radical (unpaired) electrons. The highest BCUT2D eigenvalue weighted by molar-refractivity contribution is 5.81. The molecule has 5 heteroatoms. The number of esters is 1. The molecule has 37 heavy (non-hydrogen) atoms. The van der Waals surface area contributed by atoms with Crippen molar-refractivity contribution in [2.75, 3.05) is 13.2 Å². The van der Waals surface area contributed by atoms with Crippen LogP contribution >= 0.6 is 0 Å². The molecule has 2 rings (SSSR count). The summed E-state index contributed by atoms with van der Waals surface area (Å²) in [6.45, 7) is 6.86. The molecule has 5 nitrogen and oxygen atoms in total. The number of unbranched alkanes of at least 4 members (excludes halogenated alkanes) is 11. The lowest BCUT2D eigenvalue weighted by Crippen LogP contribution is -2.01. The van der Waals surface area contributed by atoms with Crippen LogP contribution < -0.4 is 4.74 Å². The first-order valence-corrected chi connectivity index (χ1v) is 14.2. The number of ether oxygens (including phenoxy) is 2. The van der Waals surface area contributed by atoms with Crippen LogP contribution in [0.25, 0.3) is 0 Å². The van der Waals surface area contributed by atoms with E-state index in [0.29, 0.717) is 6.61 Å². The van der Waals surface area contributed by atoms with Gasteiger partial charge >= 0.3 is 5.97 Å². The van der Waals surface area contributed by atoms with Crippen molar-refractivity contribution in [2.24, 2.45) is 10.2 Å². The minimum absolute atomic E-state index is 0.335. The fourth-order valence-electron chi connectivity index (χ4n) is 4.07. The van der Waals surface area contributed by atoms with Crippen molar-refractivity contribution in [3.05, 3.63) is 66.7 Å². The first kappa shape index (κ1) is 30.3. The summed E-state index contributed by atoms with van der Waals surface area (Å²) in [5.41, 5.74) is 3.07. The van der Waals surface area contributed by atoms with Crippen LogP contribution in [0.15, 0.2) is 71.4 Å². The summed E-state index contributed by atoms with van der Waals surface area (Å²) in [5, 5.41) is 8.74. The second-order valence-electron chi connectivity index (χ2n) is 9.57. The van der Waals surface area contributed by atoms with Gasteiger partial charge < -0.3 is 9.47 Å². The van der Waals surface area contributed by atoms with E-state index >= 15 is 0 Å². The molecule has 0 spiro atoms. The number of aryl methyl sites for hydroxylation is 1. The summed E-state index contributed by atoms with van der Waals surface area (Å²) in [5.74, 6) is 0.533. The molecule has 0 N–H and O–H groups in total. The Morgan fingerprint density at radius 1 is 0.703 bits per heavy atom. The Morgan fingerprint density at radius 3 is 1.81 bits per heavy atom. The first-order valence-electron chi connectivity index (χ1n) is 14.2. The lowest BCUT2D eigenvalue weighted by molar-refractivity contribution is -0.137. The molecular weight excluding hydrogens is 460 g/mol. The summed E-state index contributed by atoms with van der Waals surface area (Å²) in [6.07, 6.45) is 18.1. The molecule has 0 aliphatic carbocycles. The molecule has 0 saturated carbocycles. The van der Waals surface area contributed by atoms with Gasteiger partial charge in [0, 0.05) is 6.08 Å². The van der Waals surface area contributed by atoms with Crippen molar-refractivity contribution in [2.45, 2.75) is 96.8 Å². The van der Waals surface area contributed by atoms with E-state index in [-0.39, 0.29) is 5.97 Å². The molecule has 0 aromatic heterocycles. The molecular formula is C32H46N2O3. The zero-order valence-corrected chi connectivity index (χ0v) is 22.8. The monoisotopic (exact) mass is 506 g/mol. The molecule has 2 aromatic carbocycles. The normalized spacial score (nSPS) is 11.1. The van der Waals surface area contributed by atoms with Gasteiger partial charge in [0.25, 0.3) is 0 Å². The van der Waals surface area contributed by atoms with E-state index in [1.807, 2.05) is 36.4 Å². The van der Waals surface area contributed by atoms with Crippen LogP contribution in [0.3, 0.4) is 0 Å². The maximum absolute atomic E-state index is 10.9. The largest absolute Gasteiger partial charge is 0.494 e. The van der Waals surface area contributed by atoms with Crippen LogP contribution in [0.5, 0.6) is 5.75 Å². The second-order valence-corrected chi connectivity index (χ2v) is 9.57. The Balaban J connectivity index is 1.53. The first-order chi connectivity index (χ1) is 18.2. The van der Waals surface area contributed by atoms with Crippen LogP contribution in [0.1, 0.15) is 96.0 Å². The van der Waals surface area contributed by atoms with Crippen molar-refractivity contribution in [1.29, 1.82) is 0 Å². The molecule has 0 fully saturated rings. The molecule has 0 atom stereocenters.